The molecule has 2 unspecified atom stereocenters. The minimum atomic E-state index is -1.26. The zero-order chi connectivity index (χ0) is 11.6. The summed E-state index contributed by atoms with van der Waals surface area (Å²) in [5.74, 6) is -1.15. The molecule has 1 aliphatic carbocycles. The fourth-order valence-electron chi connectivity index (χ4n) is 1.71. The van der Waals surface area contributed by atoms with E-state index in [1.807, 2.05) is 6.92 Å². The third-order valence-corrected chi connectivity index (χ3v) is 2.99. The lowest BCUT2D eigenvalue weighted by atomic mass is 9.91. The van der Waals surface area contributed by atoms with E-state index in [2.05, 4.69) is 0 Å². The van der Waals surface area contributed by atoms with Gasteiger partial charge in [-0.2, -0.15) is 0 Å². The molecule has 0 heterocycles. The van der Waals surface area contributed by atoms with Gasteiger partial charge in [-0.3, -0.25) is 9.59 Å². The van der Waals surface area contributed by atoms with E-state index in [1.54, 1.807) is 0 Å². The van der Waals surface area contributed by atoms with Crippen LogP contribution in [0.15, 0.2) is 0 Å². The van der Waals surface area contributed by atoms with Crippen LogP contribution >= 0.6 is 0 Å². The Balaban J connectivity index is 2.64. The minimum Gasteiger partial charge on any atom is -0.384 e. The van der Waals surface area contributed by atoms with Gasteiger partial charge in [-0.25, -0.2) is 0 Å². The van der Waals surface area contributed by atoms with Crippen LogP contribution in [0.5, 0.6) is 0 Å². The summed E-state index contributed by atoms with van der Waals surface area (Å²) < 4.78 is 0. The van der Waals surface area contributed by atoms with Crippen LogP contribution in [0, 0.1) is 5.41 Å². The number of carbonyl (C=O) groups excluding carboxylic acids is 2. The van der Waals surface area contributed by atoms with Gasteiger partial charge in [0.1, 0.15) is 11.5 Å². The van der Waals surface area contributed by atoms with Crippen molar-refractivity contribution in [3.63, 3.8) is 0 Å². The third kappa shape index (κ3) is 2.18. The Morgan fingerprint density at radius 1 is 1.47 bits per heavy atom. The lowest BCUT2D eigenvalue weighted by Gasteiger charge is -2.20. The summed E-state index contributed by atoms with van der Waals surface area (Å²) >= 11 is 0. The molecule has 5 heteroatoms. The normalized spacial score (nSPS) is 21.8. The van der Waals surface area contributed by atoms with Crippen molar-refractivity contribution in [3.05, 3.63) is 0 Å². The predicted octanol–water partition coefficient (Wildman–Crippen LogP) is -0.691. The zero-order valence-corrected chi connectivity index (χ0v) is 8.90. The molecule has 0 spiro atoms. The number of hydrogen-bond acceptors (Lipinski definition) is 4. The molecule has 1 rings (SSSR count). The van der Waals surface area contributed by atoms with E-state index in [-0.39, 0.29) is 0 Å². The first kappa shape index (κ1) is 12.1. The smallest absolute Gasteiger partial charge is 0.231 e. The fraction of sp³-hybridized carbons (Fsp3) is 0.800. The number of amides is 1. The Labute approximate surface area is 88.8 Å². The Morgan fingerprint density at radius 2 is 2.00 bits per heavy atom. The number of hydrogen-bond donors (Lipinski definition) is 3. The topological polar surface area (TPSA) is 106 Å². The highest BCUT2D eigenvalue weighted by Gasteiger charge is 2.57. The largest absolute Gasteiger partial charge is 0.384 e. The van der Waals surface area contributed by atoms with Crippen LogP contribution in [0.3, 0.4) is 0 Å². The summed E-state index contributed by atoms with van der Waals surface area (Å²) in [7, 11) is 0. The second-order valence-electron chi connectivity index (χ2n) is 4.21. The molecule has 0 aromatic carbocycles. The maximum atomic E-state index is 11.8. The molecule has 1 fully saturated rings. The van der Waals surface area contributed by atoms with Crippen molar-refractivity contribution in [2.45, 2.75) is 44.8 Å². The summed E-state index contributed by atoms with van der Waals surface area (Å²) in [5, 5.41) is 9.66. The van der Waals surface area contributed by atoms with Crippen molar-refractivity contribution in [1.82, 2.24) is 0 Å². The van der Waals surface area contributed by atoms with E-state index in [0.29, 0.717) is 19.3 Å². The van der Waals surface area contributed by atoms with Crippen molar-refractivity contribution in [3.8, 4) is 0 Å². The highest BCUT2D eigenvalue weighted by molar-refractivity contribution is 6.10. The molecule has 0 aromatic heterocycles. The molecule has 1 saturated carbocycles. The lowest BCUT2D eigenvalue weighted by molar-refractivity contribution is -0.140. The molecule has 1 amide bonds. The predicted molar refractivity (Wildman–Crippen MR) is 54.8 cm³/mol. The van der Waals surface area contributed by atoms with Crippen LogP contribution in [-0.4, -0.2) is 28.9 Å². The van der Waals surface area contributed by atoms with Gasteiger partial charge < -0.3 is 16.6 Å². The van der Waals surface area contributed by atoms with Crippen molar-refractivity contribution in [2.75, 3.05) is 0 Å². The second-order valence-corrected chi connectivity index (χ2v) is 4.21. The van der Waals surface area contributed by atoms with Crippen LogP contribution < -0.4 is 11.5 Å². The molecule has 86 valence electrons. The fourth-order valence-corrected chi connectivity index (χ4v) is 1.71. The monoisotopic (exact) mass is 214 g/mol. The molecule has 5 nitrogen and oxygen atoms in total. The van der Waals surface area contributed by atoms with Gasteiger partial charge in [-0.15, -0.1) is 0 Å². The summed E-state index contributed by atoms with van der Waals surface area (Å²) in [4.78, 5) is 22.8. The van der Waals surface area contributed by atoms with Crippen LogP contribution in [0.1, 0.15) is 32.6 Å². The van der Waals surface area contributed by atoms with E-state index in [1.165, 1.54) is 0 Å². The summed E-state index contributed by atoms with van der Waals surface area (Å²) in [6, 6.07) is -0.598. The number of ketones is 1. The van der Waals surface area contributed by atoms with Gasteiger partial charge in [0.05, 0.1) is 0 Å². The Bertz CT molecular complexity index is 274. The van der Waals surface area contributed by atoms with Crippen LogP contribution in [0.4, 0.5) is 0 Å². The number of carbonyl (C=O) groups is 2. The molecular weight excluding hydrogens is 196 g/mol. The number of primary amides is 1. The third-order valence-electron chi connectivity index (χ3n) is 2.99. The van der Waals surface area contributed by atoms with Gasteiger partial charge >= 0.3 is 0 Å². The van der Waals surface area contributed by atoms with Crippen molar-refractivity contribution < 1.29 is 14.7 Å². The van der Waals surface area contributed by atoms with E-state index < -0.39 is 29.3 Å². The van der Waals surface area contributed by atoms with E-state index >= 15 is 0 Å². The molecule has 2 atom stereocenters. The Kier molecular flexibility index (Phi) is 3.46. The van der Waals surface area contributed by atoms with Gasteiger partial charge in [0.2, 0.25) is 5.91 Å². The Morgan fingerprint density at radius 3 is 2.33 bits per heavy atom. The van der Waals surface area contributed by atoms with E-state index in [9.17, 15) is 14.7 Å². The Hall–Kier alpha value is -0.940. The quantitative estimate of drug-likeness (QED) is 0.509. The van der Waals surface area contributed by atoms with Gasteiger partial charge in [0, 0.05) is 6.04 Å². The molecule has 15 heavy (non-hydrogen) atoms. The molecule has 0 bridgehead atoms. The zero-order valence-electron chi connectivity index (χ0n) is 8.90. The summed E-state index contributed by atoms with van der Waals surface area (Å²) in [5.41, 5.74) is 9.64. The maximum absolute atomic E-state index is 11.8. The molecule has 1 aliphatic rings. The molecule has 0 aliphatic heterocycles. The first-order valence-corrected chi connectivity index (χ1v) is 5.23. The van der Waals surface area contributed by atoms with Crippen molar-refractivity contribution in [2.24, 2.45) is 16.9 Å². The van der Waals surface area contributed by atoms with E-state index in [4.69, 9.17) is 11.5 Å². The minimum absolute atomic E-state index is 0.442. The number of aliphatic hydroxyl groups excluding tert-OH is 1. The average Bonchev–Trinajstić information content (AvgIpc) is 2.96. The van der Waals surface area contributed by atoms with Crippen molar-refractivity contribution in [1.29, 1.82) is 0 Å². The highest BCUT2D eigenvalue weighted by Crippen LogP contribution is 2.47. The number of nitrogens with two attached hydrogens (primary N) is 2. The van der Waals surface area contributed by atoms with Crippen molar-refractivity contribution >= 4 is 11.7 Å². The highest BCUT2D eigenvalue weighted by atomic mass is 16.3. The molecule has 5 N–H and O–H groups in total. The molecule has 0 radical (unpaired) electrons. The van der Waals surface area contributed by atoms with E-state index in [0.717, 1.165) is 6.42 Å². The van der Waals surface area contributed by atoms with Gasteiger partial charge in [0.25, 0.3) is 0 Å². The average molecular weight is 214 g/mol. The van der Waals surface area contributed by atoms with Crippen LogP contribution in [0.2, 0.25) is 0 Å². The van der Waals surface area contributed by atoms with Gasteiger partial charge in [-0.05, 0) is 19.3 Å². The molecular formula is C10H18N2O3. The second kappa shape index (κ2) is 4.28. The van der Waals surface area contributed by atoms with Crippen LogP contribution in [0.25, 0.3) is 0 Å². The first-order chi connectivity index (χ1) is 6.95. The molecule has 0 saturated heterocycles. The summed E-state index contributed by atoms with van der Waals surface area (Å²) in [6.07, 6.45) is 0.963. The number of rotatable bonds is 6. The van der Waals surface area contributed by atoms with Gasteiger partial charge in [0.15, 0.2) is 5.78 Å². The first-order valence-electron chi connectivity index (χ1n) is 5.23. The molecule has 0 aromatic rings. The number of Topliss-reactive ketones (excluding diaryl/α,β-unsaturated/α-hetero) is 1. The standard InChI is InChI=1S/C10H18N2O3/c1-2-3-6(11)7(13)8(14)10(4-5-10)9(12)15/h6-7,13H,2-5,11H2,1H3,(H2,12,15). The van der Waals surface area contributed by atoms with Crippen LogP contribution in [-0.2, 0) is 9.59 Å². The summed E-state index contributed by atoms with van der Waals surface area (Å²) in [6.45, 7) is 1.91. The lowest BCUT2D eigenvalue weighted by Crippen LogP contribution is -2.47. The SMILES string of the molecule is CCCC(N)C(O)C(=O)C1(C(N)=O)CC1. The maximum Gasteiger partial charge on any atom is 0.231 e. The van der Waals surface area contributed by atoms with Gasteiger partial charge in [-0.1, -0.05) is 13.3 Å². The number of aliphatic hydroxyl groups is 1.